The standard InChI is InChI=1S/C12H16N2O3/c1-2-13-8-10(12(16)17)14-11(15)9-6-4-3-5-7-9/h3-7,10,13H,2,8H2,1H3,(H,14,15)(H,16,17). The summed E-state index contributed by atoms with van der Waals surface area (Å²) in [7, 11) is 0. The number of hydrogen-bond donors (Lipinski definition) is 3. The van der Waals surface area contributed by atoms with Gasteiger partial charge in [0.15, 0.2) is 0 Å². The van der Waals surface area contributed by atoms with Crippen LogP contribution in [0, 0.1) is 0 Å². The van der Waals surface area contributed by atoms with Crippen LogP contribution < -0.4 is 10.6 Å². The lowest BCUT2D eigenvalue weighted by Gasteiger charge is -2.14. The Labute approximate surface area is 99.8 Å². The molecule has 0 fully saturated rings. The number of carboxylic acid groups (broad SMARTS) is 1. The first-order valence-electron chi connectivity index (χ1n) is 5.44. The van der Waals surface area contributed by atoms with E-state index in [0.29, 0.717) is 12.1 Å². The van der Waals surface area contributed by atoms with Gasteiger partial charge in [-0.3, -0.25) is 4.79 Å². The van der Waals surface area contributed by atoms with Crippen molar-refractivity contribution >= 4 is 11.9 Å². The van der Waals surface area contributed by atoms with Gasteiger partial charge in [-0.2, -0.15) is 0 Å². The number of hydrogen-bond acceptors (Lipinski definition) is 3. The highest BCUT2D eigenvalue weighted by atomic mass is 16.4. The van der Waals surface area contributed by atoms with E-state index in [1.54, 1.807) is 30.3 Å². The van der Waals surface area contributed by atoms with E-state index in [4.69, 9.17) is 5.11 Å². The Morgan fingerprint density at radius 3 is 2.47 bits per heavy atom. The zero-order chi connectivity index (χ0) is 12.7. The molecule has 3 N–H and O–H groups in total. The highest BCUT2D eigenvalue weighted by Gasteiger charge is 2.19. The highest BCUT2D eigenvalue weighted by molar-refractivity contribution is 5.96. The molecule has 0 bridgehead atoms. The molecule has 5 nitrogen and oxygen atoms in total. The molecular formula is C12H16N2O3. The molecule has 0 aromatic heterocycles. The van der Waals surface area contributed by atoms with Gasteiger partial charge in [0.2, 0.25) is 0 Å². The minimum absolute atomic E-state index is 0.213. The minimum Gasteiger partial charge on any atom is -0.480 e. The highest BCUT2D eigenvalue weighted by Crippen LogP contribution is 1.98. The van der Waals surface area contributed by atoms with Crippen LogP contribution in [0.15, 0.2) is 30.3 Å². The molecule has 1 unspecified atom stereocenters. The molecule has 1 amide bonds. The van der Waals surface area contributed by atoms with Crippen molar-refractivity contribution in [2.45, 2.75) is 13.0 Å². The van der Waals surface area contributed by atoms with E-state index < -0.39 is 12.0 Å². The molecule has 0 saturated carbocycles. The first kappa shape index (κ1) is 13.2. The summed E-state index contributed by atoms with van der Waals surface area (Å²) in [6.45, 7) is 2.74. The van der Waals surface area contributed by atoms with Crippen molar-refractivity contribution in [3.8, 4) is 0 Å². The SMILES string of the molecule is CCNCC(NC(=O)c1ccccc1)C(=O)O. The predicted octanol–water partition coefficient (Wildman–Crippen LogP) is 0.479. The molecule has 0 spiro atoms. The van der Waals surface area contributed by atoms with Crippen LogP contribution in [0.25, 0.3) is 0 Å². The molecule has 0 radical (unpaired) electrons. The van der Waals surface area contributed by atoms with Crippen LogP contribution in [0.5, 0.6) is 0 Å². The average Bonchev–Trinajstić information content (AvgIpc) is 2.35. The zero-order valence-electron chi connectivity index (χ0n) is 9.64. The Morgan fingerprint density at radius 2 is 1.94 bits per heavy atom. The van der Waals surface area contributed by atoms with Gasteiger partial charge in [-0.05, 0) is 18.7 Å². The summed E-state index contributed by atoms with van der Waals surface area (Å²) in [6.07, 6.45) is 0. The molecule has 5 heteroatoms. The van der Waals surface area contributed by atoms with E-state index in [-0.39, 0.29) is 12.5 Å². The largest absolute Gasteiger partial charge is 0.480 e. The summed E-state index contributed by atoms with van der Waals surface area (Å²) < 4.78 is 0. The Kier molecular flexibility index (Phi) is 5.16. The second kappa shape index (κ2) is 6.65. The first-order valence-corrected chi connectivity index (χ1v) is 5.44. The Balaban J connectivity index is 2.61. The number of carboxylic acids is 1. The summed E-state index contributed by atoms with van der Waals surface area (Å²) >= 11 is 0. The summed E-state index contributed by atoms with van der Waals surface area (Å²) in [4.78, 5) is 22.6. The average molecular weight is 236 g/mol. The Morgan fingerprint density at radius 1 is 1.29 bits per heavy atom. The molecule has 0 aliphatic rings. The third-order valence-electron chi connectivity index (χ3n) is 2.24. The van der Waals surface area contributed by atoms with Crippen LogP contribution in [-0.4, -0.2) is 36.1 Å². The zero-order valence-corrected chi connectivity index (χ0v) is 9.64. The van der Waals surface area contributed by atoms with Gasteiger partial charge in [0.05, 0.1) is 0 Å². The molecule has 0 saturated heterocycles. The van der Waals surface area contributed by atoms with Crippen LogP contribution >= 0.6 is 0 Å². The summed E-state index contributed by atoms with van der Waals surface area (Å²) in [5.41, 5.74) is 0.454. The van der Waals surface area contributed by atoms with E-state index in [0.717, 1.165) is 0 Å². The summed E-state index contributed by atoms with van der Waals surface area (Å²) in [5.74, 6) is -1.42. The maximum Gasteiger partial charge on any atom is 0.327 e. The van der Waals surface area contributed by atoms with Crippen LogP contribution in [-0.2, 0) is 4.79 Å². The van der Waals surface area contributed by atoms with E-state index in [9.17, 15) is 9.59 Å². The number of likely N-dealkylation sites (N-methyl/N-ethyl adjacent to an activating group) is 1. The molecule has 92 valence electrons. The van der Waals surface area contributed by atoms with Gasteiger partial charge in [0.25, 0.3) is 5.91 Å². The van der Waals surface area contributed by atoms with Gasteiger partial charge in [0, 0.05) is 12.1 Å². The lowest BCUT2D eigenvalue weighted by Crippen LogP contribution is -2.47. The number of benzene rings is 1. The fourth-order valence-electron chi connectivity index (χ4n) is 1.32. The van der Waals surface area contributed by atoms with Gasteiger partial charge in [-0.25, -0.2) is 4.79 Å². The second-order valence-electron chi connectivity index (χ2n) is 3.54. The number of amides is 1. The molecule has 1 rings (SSSR count). The van der Waals surface area contributed by atoms with Crippen LogP contribution in [0.2, 0.25) is 0 Å². The maximum atomic E-state index is 11.7. The van der Waals surface area contributed by atoms with E-state index >= 15 is 0 Å². The minimum atomic E-state index is -1.05. The topological polar surface area (TPSA) is 78.4 Å². The van der Waals surface area contributed by atoms with E-state index in [1.807, 2.05) is 6.92 Å². The van der Waals surface area contributed by atoms with Crippen molar-refractivity contribution in [1.29, 1.82) is 0 Å². The number of carbonyl (C=O) groups is 2. The van der Waals surface area contributed by atoms with Gasteiger partial charge >= 0.3 is 5.97 Å². The molecule has 1 aromatic rings. The molecule has 1 atom stereocenters. The van der Waals surface area contributed by atoms with Crippen molar-refractivity contribution in [3.05, 3.63) is 35.9 Å². The molecule has 1 aromatic carbocycles. The predicted molar refractivity (Wildman–Crippen MR) is 63.9 cm³/mol. The number of carbonyl (C=O) groups excluding carboxylic acids is 1. The third-order valence-corrected chi connectivity index (χ3v) is 2.24. The fraction of sp³-hybridized carbons (Fsp3) is 0.333. The fourth-order valence-corrected chi connectivity index (χ4v) is 1.32. The quantitative estimate of drug-likeness (QED) is 0.671. The van der Waals surface area contributed by atoms with Gasteiger partial charge in [-0.15, -0.1) is 0 Å². The van der Waals surface area contributed by atoms with Crippen LogP contribution in [0.4, 0.5) is 0 Å². The third kappa shape index (κ3) is 4.24. The summed E-state index contributed by atoms with van der Waals surface area (Å²) in [5, 5.41) is 14.3. The van der Waals surface area contributed by atoms with Crippen molar-refractivity contribution in [2.24, 2.45) is 0 Å². The van der Waals surface area contributed by atoms with Crippen molar-refractivity contribution in [1.82, 2.24) is 10.6 Å². The first-order chi connectivity index (χ1) is 8.15. The van der Waals surface area contributed by atoms with Crippen molar-refractivity contribution < 1.29 is 14.7 Å². The van der Waals surface area contributed by atoms with E-state index in [2.05, 4.69) is 10.6 Å². The molecule has 17 heavy (non-hydrogen) atoms. The van der Waals surface area contributed by atoms with Gasteiger partial charge in [0.1, 0.15) is 6.04 Å². The number of aliphatic carboxylic acids is 1. The van der Waals surface area contributed by atoms with Crippen LogP contribution in [0.1, 0.15) is 17.3 Å². The molecule has 0 aliphatic carbocycles. The Bertz CT molecular complexity index is 379. The normalized spacial score (nSPS) is 11.8. The van der Waals surface area contributed by atoms with E-state index in [1.165, 1.54) is 0 Å². The van der Waals surface area contributed by atoms with Crippen molar-refractivity contribution in [2.75, 3.05) is 13.1 Å². The Hall–Kier alpha value is -1.88. The second-order valence-corrected chi connectivity index (χ2v) is 3.54. The lowest BCUT2D eigenvalue weighted by molar-refractivity contribution is -0.139. The maximum absolute atomic E-state index is 11.7. The van der Waals surface area contributed by atoms with Crippen LogP contribution in [0.3, 0.4) is 0 Å². The molecular weight excluding hydrogens is 220 g/mol. The molecule has 0 heterocycles. The van der Waals surface area contributed by atoms with Gasteiger partial charge < -0.3 is 15.7 Å². The lowest BCUT2D eigenvalue weighted by atomic mass is 10.2. The number of nitrogens with one attached hydrogen (secondary N) is 2. The molecule has 0 aliphatic heterocycles. The monoisotopic (exact) mass is 236 g/mol. The van der Waals surface area contributed by atoms with Crippen molar-refractivity contribution in [3.63, 3.8) is 0 Å². The number of rotatable bonds is 6. The smallest absolute Gasteiger partial charge is 0.327 e. The van der Waals surface area contributed by atoms with Gasteiger partial charge in [-0.1, -0.05) is 25.1 Å². The summed E-state index contributed by atoms with van der Waals surface area (Å²) in [6, 6.07) is 7.62.